The topological polar surface area (TPSA) is 120 Å². The van der Waals surface area contributed by atoms with E-state index < -0.39 is 47.5 Å². The molecule has 0 aromatic heterocycles. The molecule has 0 saturated carbocycles. The number of carboxylic acid groups (broad SMARTS) is 1. The molecule has 0 aromatic carbocycles. The Morgan fingerprint density at radius 1 is 1.36 bits per heavy atom. The van der Waals surface area contributed by atoms with Gasteiger partial charge in [-0.2, -0.15) is 0 Å². The van der Waals surface area contributed by atoms with E-state index >= 15 is 0 Å². The van der Waals surface area contributed by atoms with Crippen LogP contribution in [0.2, 0.25) is 0 Å². The molecule has 2 bridgehead atoms. The highest BCUT2D eigenvalue weighted by atomic mass is 79.9. The summed E-state index contributed by atoms with van der Waals surface area (Å²) < 4.78 is 11.8. The SMILES string of the molecule is C=CCN(CCN1CCOCC1)C(=O)[C@H]1N([C@@H](CO)[C@@H](C)CC)C(=O)[C@@H]2[C@@H](C(=O)O)[C@@H]3O[C@@]21CC3Br. The van der Waals surface area contributed by atoms with E-state index in [4.69, 9.17) is 9.47 Å². The molecule has 202 valence electrons. The second-order valence-corrected chi connectivity index (χ2v) is 11.6. The van der Waals surface area contributed by atoms with Crippen molar-refractivity contribution in [2.75, 3.05) is 52.5 Å². The molecule has 4 aliphatic rings. The molecular formula is C25H38BrN3O7. The molecule has 0 radical (unpaired) electrons. The van der Waals surface area contributed by atoms with Gasteiger partial charge in [0.15, 0.2) is 0 Å². The molecule has 36 heavy (non-hydrogen) atoms. The highest BCUT2D eigenvalue weighted by Crippen LogP contribution is 2.60. The molecule has 11 heteroatoms. The lowest BCUT2D eigenvalue weighted by atomic mass is 9.70. The molecule has 0 aliphatic carbocycles. The van der Waals surface area contributed by atoms with E-state index in [0.717, 1.165) is 13.1 Å². The number of morpholine rings is 1. The van der Waals surface area contributed by atoms with Gasteiger partial charge in [0.1, 0.15) is 11.6 Å². The van der Waals surface area contributed by atoms with Crippen molar-refractivity contribution in [2.24, 2.45) is 17.8 Å². The van der Waals surface area contributed by atoms with Gasteiger partial charge in [0.05, 0.1) is 43.8 Å². The molecule has 0 aromatic rings. The van der Waals surface area contributed by atoms with Crippen LogP contribution < -0.4 is 0 Å². The van der Waals surface area contributed by atoms with Crippen molar-refractivity contribution in [3.63, 3.8) is 0 Å². The average Bonchev–Trinajstić information content (AvgIpc) is 3.46. The van der Waals surface area contributed by atoms with Gasteiger partial charge in [0.25, 0.3) is 0 Å². The Bertz CT molecular complexity index is 869. The van der Waals surface area contributed by atoms with Gasteiger partial charge in [-0.1, -0.05) is 42.3 Å². The summed E-state index contributed by atoms with van der Waals surface area (Å²) in [6.45, 7) is 11.6. The Kier molecular flexibility index (Phi) is 8.45. The summed E-state index contributed by atoms with van der Waals surface area (Å²) in [7, 11) is 0. The molecule has 4 rings (SSSR count). The van der Waals surface area contributed by atoms with Gasteiger partial charge < -0.3 is 29.5 Å². The fraction of sp³-hybridized carbons (Fsp3) is 0.800. The fourth-order valence-corrected chi connectivity index (χ4v) is 7.45. The minimum Gasteiger partial charge on any atom is -0.481 e. The van der Waals surface area contributed by atoms with Crippen LogP contribution in [0.25, 0.3) is 0 Å². The number of alkyl halides is 1. The molecule has 2 amide bonds. The van der Waals surface area contributed by atoms with Crippen molar-refractivity contribution in [2.45, 2.75) is 55.3 Å². The van der Waals surface area contributed by atoms with E-state index in [-0.39, 0.29) is 23.3 Å². The number of carbonyl (C=O) groups excluding carboxylic acids is 2. The molecule has 1 unspecified atom stereocenters. The number of aliphatic carboxylic acids is 1. The van der Waals surface area contributed by atoms with Gasteiger partial charge in [-0.15, -0.1) is 6.58 Å². The van der Waals surface area contributed by atoms with Crippen LogP contribution >= 0.6 is 15.9 Å². The Hall–Kier alpha value is -1.53. The van der Waals surface area contributed by atoms with Crippen LogP contribution in [-0.2, 0) is 23.9 Å². The number of halogens is 1. The molecule has 4 fully saturated rings. The molecular weight excluding hydrogens is 534 g/mol. The van der Waals surface area contributed by atoms with E-state index in [9.17, 15) is 24.6 Å². The van der Waals surface area contributed by atoms with Gasteiger partial charge in [-0.3, -0.25) is 19.3 Å². The summed E-state index contributed by atoms with van der Waals surface area (Å²) in [6, 6.07) is -1.63. The van der Waals surface area contributed by atoms with Crippen LogP contribution in [0.1, 0.15) is 26.7 Å². The summed E-state index contributed by atoms with van der Waals surface area (Å²) >= 11 is 3.57. The lowest BCUT2D eigenvalue weighted by Gasteiger charge is -2.41. The van der Waals surface area contributed by atoms with Crippen LogP contribution in [0.15, 0.2) is 12.7 Å². The van der Waals surface area contributed by atoms with E-state index in [1.54, 1.807) is 11.0 Å². The first-order valence-corrected chi connectivity index (χ1v) is 13.8. The van der Waals surface area contributed by atoms with Crippen LogP contribution in [0, 0.1) is 17.8 Å². The minimum absolute atomic E-state index is 0.0917. The quantitative estimate of drug-likeness (QED) is 0.273. The third-order valence-electron chi connectivity index (χ3n) is 8.54. The van der Waals surface area contributed by atoms with E-state index in [2.05, 4.69) is 27.4 Å². The number of likely N-dealkylation sites (tertiary alicyclic amines) is 1. The first-order valence-electron chi connectivity index (χ1n) is 12.9. The summed E-state index contributed by atoms with van der Waals surface area (Å²) in [5.74, 6) is -3.90. The zero-order chi connectivity index (χ0) is 26.2. The highest BCUT2D eigenvalue weighted by molar-refractivity contribution is 9.09. The number of aliphatic hydroxyl groups excluding tert-OH is 1. The van der Waals surface area contributed by atoms with Crippen LogP contribution in [-0.4, -0.2) is 124 Å². The number of hydrogen-bond acceptors (Lipinski definition) is 7. The first-order chi connectivity index (χ1) is 17.2. The summed E-state index contributed by atoms with van der Waals surface area (Å²) in [5, 5.41) is 20.4. The Labute approximate surface area is 220 Å². The fourth-order valence-electron chi connectivity index (χ4n) is 6.51. The lowest BCUT2D eigenvalue weighted by molar-refractivity contribution is -0.154. The Morgan fingerprint density at radius 3 is 2.64 bits per heavy atom. The number of carbonyl (C=O) groups is 3. The molecule has 4 heterocycles. The van der Waals surface area contributed by atoms with E-state index in [1.165, 1.54) is 4.90 Å². The minimum atomic E-state index is -1.25. The van der Waals surface area contributed by atoms with Crippen LogP contribution in [0.4, 0.5) is 0 Å². The number of amides is 2. The van der Waals surface area contributed by atoms with Crippen molar-refractivity contribution in [1.29, 1.82) is 0 Å². The van der Waals surface area contributed by atoms with Gasteiger partial charge >= 0.3 is 5.97 Å². The highest BCUT2D eigenvalue weighted by Gasteiger charge is 2.77. The predicted octanol–water partition coefficient (Wildman–Crippen LogP) is 0.573. The Balaban J connectivity index is 1.71. The van der Waals surface area contributed by atoms with E-state index in [0.29, 0.717) is 45.7 Å². The zero-order valence-corrected chi connectivity index (χ0v) is 22.6. The van der Waals surface area contributed by atoms with Crippen LogP contribution in [0.3, 0.4) is 0 Å². The number of nitrogens with zero attached hydrogens (tertiary/aromatic N) is 3. The maximum atomic E-state index is 14.3. The number of carboxylic acids is 1. The number of ether oxygens (including phenoxy) is 2. The molecule has 2 N–H and O–H groups in total. The smallest absolute Gasteiger partial charge is 0.310 e. The average molecular weight is 572 g/mol. The van der Waals surface area contributed by atoms with Gasteiger partial charge in [-0.05, 0) is 12.3 Å². The van der Waals surface area contributed by atoms with E-state index in [1.807, 2.05) is 13.8 Å². The molecule has 8 atom stereocenters. The monoisotopic (exact) mass is 571 g/mol. The number of fused-ring (bicyclic) bond motifs is 1. The molecule has 10 nitrogen and oxygen atoms in total. The van der Waals surface area contributed by atoms with Crippen molar-refractivity contribution < 1.29 is 34.1 Å². The van der Waals surface area contributed by atoms with Crippen molar-refractivity contribution in [3.8, 4) is 0 Å². The zero-order valence-electron chi connectivity index (χ0n) is 21.1. The standard InChI is InChI=1S/C25H38BrN3O7/c1-4-6-28(8-7-27-9-11-35-12-10-27)23(32)21-25-13-16(26)20(36-25)18(24(33)34)19(25)22(31)29(21)17(14-30)15(3)5-2/h4,15-21,30H,1,5-14H2,2-3H3,(H,33,34)/t15-,16?,17-,18+,19-,20+,21+,25-/m0/s1. The normalized spacial score (nSPS) is 35.5. The third kappa shape index (κ3) is 4.51. The second-order valence-electron chi connectivity index (χ2n) is 10.4. The maximum absolute atomic E-state index is 14.3. The predicted molar refractivity (Wildman–Crippen MR) is 135 cm³/mol. The molecule has 1 spiro atoms. The number of rotatable bonds is 11. The number of aliphatic hydroxyl groups is 1. The summed E-state index contributed by atoms with van der Waals surface area (Å²) in [4.78, 5) is 45.7. The van der Waals surface area contributed by atoms with Gasteiger partial charge in [-0.25, -0.2) is 0 Å². The summed E-state index contributed by atoms with van der Waals surface area (Å²) in [5.41, 5.74) is -1.25. The molecule has 4 saturated heterocycles. The van der Waals surface area contributed by atoms with Gasteiger partial charge in [0.2, 0.25) is 11.8 Å². The lowest BCUT2D eigenvalue weighted by Crippen LogP contribution is -2.60. The summed E-state index contributed by atoms with van der Waals surface area (Å²) in [6.07, 6.45) is 2.01. The van der Waals surface area contributed by atoms with Crippen molar-refractivity contribution >= 4 is 33.7 Å². The second kappa shape index (κ2) is 11.1. The van der Waals surface area contributed by atoms with Crippen molar-refractivity contribution in [1.82, 2.24) is 14.7 Å². The molecule has 4 aliphatic heterocycles. The third-order valence-corrected chi connectivity index (χ3v) is 9.39. The first kappa shape index (κ1) is 27.5. The van der Waals surface area contributed by atoms with Gasteiger partial charge in [0, 0.05) is 37.6 Å². The maximum Gasteiger partial charge on any atom is 0.310 e. The van der Waals surface area contributed by atoms with Crippen LogP contribution in [0.5, 0.6) is 0 Å². The Morgan fingerprint density at radius 2 is 2.06 bits per heavy atom. The number of hydrogen-bond donors (Lipinski definition) is 2. The van der Waals surface area contributed by atoms with Crippen molar-refractivity contribution in [3.05, 3.63) is 12.7 Å². The largest absolute Gasteiger partial charge is 0.481 e.